The Balaban J connectivity index is 2.51. The first-order valence-electron chi connectivity index (χ1n) is 10.4. The van der Waals surface area contributed by atoms with Gasteiger partial charge in [-0.1, -0.05) is 15.9 Å². The summed E-state index contributed by atoms with van der Waals surface area (Å²) in [5.41, 5.74) is 0.405. The van der Waals surface area contributed by atoms with E-state index < -0.39 is 25.1 Å². The highest BCUT2D eigenvalue weighted by Gasteiger charge is 2.35. The number of nitrogens with zero attached hydrogens (tertiary/aromatic N) is 4. The van der Waals surface area contributed by atoms with Crippen molar-refractivity contribution in [1.82, 2.24) is 9.21 Å². The zero-order valence-electron chi connectivity index (χ0n) is 19.2. The van der Waals surface area contributed by atoms with E-state index in [0.29, 0.717) is 49.1 Å². The van der Waals surface area contributed by atoms with Gasteiger partial charge in [-0.15, -0.1) is 0 Å². The number of nitro groups is 1. The standard InChI is InChI=1S/C19H31BrN4O7S2/c1-15-13-17(24(25)26)14-18(19(15)22(10-7-20)11-12-31-32(4,27)28)33(29,30)23-8-5-16(6-9-23)21(2)3/h13-14,16H,5-12H2,1-4H3. The molecular weight excluding hydrogens is 540 g/mol. The zero-order chi connectivity index (χ0) is 25.0. The highest BCUT2D eigenvalue weighted by atomic mass is 79.9. The van der Waals surface area contributed by atoms with Crippen LogP contribution in [0.3, 0.4) is 0 Å². The molecule has 0 bridgehead atoms. The van der Waals surface area contributed by atoms with Gasteiger partial charge in [0.05, 0.1) is 23.5 Å². The van der Waals surface area contributed by atoms with Gasteiger partial charge in [0, 0.05) is 49.7 Å². The quantitative estimate of drug-likeness (QED) is 0.169. The molecular formula is C19H31BrN4O7S2. The van der Waals surface area contributed by atoms with E-state index in [1.165, 1.54) is 10.4 Å². The van der Waals surface area contributed by atoms with Crippen LogP contribution in [-0.2, 0) is 24.3 Å². The van der Waals surface area contributed by atoms with E-state index in [0.717, 1.165) is 12.3 Å². The van der Waals surface area contributed by atoms with E-state index in [1.54, 1.807) is 11.8 Å². The van der Waals surface area contributed by atoms with Gasteiger partial charge in [0.2, 0.25) is 10.0 Å². The number of alkyl halides is 1. The Labute approximate surface area is 204 Å². The lowest BCUT2D eigenvalue weighted by Crippen LogP contribution is -2.44. The molecule has 1 aliphatic rings. The Morgan fingerprint density at radius 3 is 2.27 bits per heavy atom. The molecule has 1 fully saturated rings. The average molecular weight is 572 g/mol. The molecule has 1 aliphatic heterocycles. The Morgan fingerprint density at radius 1 is 1.18 bits per heavy atom. The van der Waals surface area contributed by atoms with Crippen LogP contribution in [0.15, 0.2) is 17.0 Å². The van der Waals surface area contributed by atoms with Gasteiger partial charge in [-0.2, -0.15) is 12.7 Å². The van der Waals surface area contributed by atoms with E-state index >= 15 is 0 Å². The van der Waals surface area contributed by atoms with E-state index in [4.69, 9.17) is 4.18 Å². The molecule has 1 saturated heterocycles. The van der Waals surface area contributed by atoms with Crippen LogP contribution in [0.1, 0.15) is 18.4 Å². The van der Waals surface area contributed by atoms with Crippen LogP contribution in [-0.4, -0.2) is 95.5 Å². The molecule has 0 unspecified atom stereocenters. The van der Waals surface area contributed by atoms with Crippen molar-refractivity contribution in [3.63, 3.8) is 0 Å². The van der Waals surface area contributed by atoms with E-state index in [9.17, 15) is 26.9 Å². The largest absolute Gasteiger partial charge is 0.367 e. The molecule has 2 rings (SSSR count). The number of halogens is 1. The Morgan fingerprint density at radius 2 is 1.79 bits per heavy atom. The van der Waals surface area contributed by atoms with Crippen LogP contribution in [0.2, 0.25) is 0 Å². The minimum absolute atomic E-state index is 0.0859. The monoisotopic (exact) mass is 570 g/mol. The van der Waals surface area contributed by atoms with E-state index in [2.05, 4.69) is 20.8 Å². The van der Waals surface area contributed by atoms with Crippen molar-refractivity contribution in [1.29, 1.82) is 0 Å². The SMILES string of the molecule is Cc1cc([N+](=O)[O-])cc(S(=O)(=O)N2CCC(N(C)C)CC2)c1N(CCBr)CCOS(C)(=O)=O. The van der Waals surface area contributed by atoms with Crippen LogP contribution >= 0.6 is 15.9 Å². The fraction of sp³-hybridized carbons (Fsp3) is 0.684. The summed E-state index contributed by atoms with van der Waals surface area (Å²) in [4.78, 5) is 14.5. The molecule has 0 aliphatic carbocycles. The Bertz CT molecular complexity index is 1060. The minimum Gasteiger partial charge on any atom is -0.367 e. The number of non-ortho nitro benzene ring substituents is 1. The van der Waals surface area contributed by atoms with Crippen LogP contribution in [0.4, 0.5) is 11.4 Å². The van der Waals surface area contributed by atoms with Crippen molar-refractivity contribution in [2.24, 2.45) is 0 Å². The van der Waals surface area contributed by atoms with E-state index in [-0.39, 0.29) is 29.8 Å². The molecule has 1 aromatic rings. The summed E-state index contributed by atoms with van der Waals surface area (Å²) in [7, 11) is -3.81. The molecule has 0 spiro atoms. The summed E-state index contributed by atoms with van der Waals surface area (Å²) < 4.78 is 56.3. The van der Waals surface area contributed by atoms with Crippen LogP contribution in [0, 0.1) is 17.0 Å². The maximum Gasteiger partial charge on any atom is 0.271 e. The van der Waals surface area contributed by atoms with Gasteiger partial charge in [-0.25, -0.2) is 8.42 Å². The molecule has 11 nitrogen and oxygen atoms in total. The lowest BCUT2D eigenvalue weighted by molar-refractivity contribution is -0.385. The van der Waals surface area contributed by atoms with Gasteiger partial charge in [0.15, 0.2) is 0 Å². The lowest BCUT2D eigenvalue weighted by atomic mass is 10.1. The van der Waals surface area contributed by atoms with Crippen molar-refractivity contribution in [3.05, 3.63) is 27.8 Å². The molecule has 0 aromatic heterocycles. The summed E-state index contributed by atoms with van der Waals surface area (Å²) >= 11 is 3.34. The fourth-order valence-electron chi connectivity index (χ4n) is 3.91. The average Bonchev–Trinajstić information content (AvgIpc) is 2.71. The second-order valence-corrected chi connectivity index (χ2v) is 12.5. The van der Waals surface area contributed by atoms with E-state index in [1.807, 2.05) is 14.1 Å². The number of aryl methyl sites for hydroxylation is 1. The molecule has 0 N–H and O–H groups in total. The first-order chi connectivity index (χ1) is 15.3. The molecule has 0 atom stereocenters. The van der Waals surface area contributed by atoms with Gasteiger partial charge >= 0.3 is 0 Å². The van der Waals surface area contributed by atoms with Crippen molar-refractivity contribution in [2.45, 2.75) is 30.7 Å². The Hall–Kier alpha value is -1.32. The van der Waals surface area contributed by atoms with Crippen LogP contribution < -0.4 is 4.90 Å². The topological polar surface area (TPSA) is 130 Å². The van der Waals surface area contributed by atoms with Crippen molar-refractivity contribution in [2.75, 3.05) is 63.4 Å². The number of hydrogen-bond donors (Lipinski definition) is 0. The van der Waals surface area contributed by atoms with Crippen LogP contribution in [0.25, 0.3) is 0 Å². The van der Waals surface area contributed by atoms with Gasteiger partial charge in [-0.3, -0.25) is 14.3 Å². The summed E-state index contributed by atoms with van der Waals surface area (Å²) in [5, 5.41) is 12.0. The summed E-state index contributed by atoms with van der Waals surface area (Å²) in [6.45, 7) is 2.47. The van der Waals surface area contributed by atoms with Gasteiger partial charge < -0.3 is 9.80 Å². The maximum atomic E-state index is 13.7. The molecule has 14 heteroatoms. The molecule has 33 heavy (non-hydrogen) atoms. The predicted octanol–water partition coefficient (Wildman–Crippen LogP) is 1.80. The zero-order valence-corrected chi connectivity index (χ0v) is 22.4. The number of nitro benzene ring substituents is 1. The number of anilines is 1. The Kier molecular flexibility index (Phi) is 9.65. The summed E-state index contributed by atoms with van der Waals surface area (Å²) in [6.07, 6.45) is 2.25. The third kappa shape index (κ3) is 7.33. The number of benzene rings is 1. The van der Waals surface area contributed by atoms with Crippen molar-refractivity contribution >= 4 is 47.4 Å². The van der Waals surface area contributed by atoms with Crippen molar-refractivity contribution < 1.29 is 25.9 Å². The van der Waals surface area contributed by atoms with Crippen molar-refractivity contribution in [3.8, 4) is 0 Å². The molecule has 0 radical (unpaired) electrons. The predicted molar refractivity (Wildman–Crippen MR) is 130 cm³/mol. The molecule has 1 aromatic carbocycles. The number of rotatable bonds is 11. The molecule has 188 valence electrons. The first-order valence-corrected chi connectivity index (χ1v) is 14.8. The number of hydrogen-bond acceptors (Lipinski definition) is 9. The summed E-state index contributed by atoms with van der Waals surface area (Å²) in [5.74, 6) is 0. The second kappa shape index (κ2) is 11.4. The molecule has 1 heterocycles. The van der Waals surface area contributed by atoms with Crippen LogP contribution in [0.5, 0.6) is 0 Å². The lowest BCUT2D eigenvalue weighted by Gasteiger charge is -2.35. The highest BCUT2D eigenvalue weighted by Crippen LogP contribution is 2.36. The first kappa shape index (κ1) is 27.9. The molecule has 0 amide bonds. The highest BCUT2D eigenvalue weighted by molar-refractivity contribution is 9.09. The molecule has 0 saturated carbocycles. The maximum absolute atomic E-state index is 13.7. The normalized spacial score (nSPS) is 16.3. The number of sulfonamides is 1. The van der Waals surface area contributed by atoms with Gasteiger partial charge in [-0.05, 0) is 39.4 Å². The third-order valence-electron chi connectivity index (χ3n) is 5.56. The fourth-order valence-corrected chi connectivity index (χ4v) is 6.49. The summed E-state index contributed by atoms with van der Waals surface area (Å²) in [6, 6.07) is 2.68. The van der Waals surface area contributed by atoms with Gasteiger partial charge in [0.1, 0.15) is 4.90 Å². The number of piperidine rings is 1. The minimum atomic E-state index is -4.04. The second-order valence-electron chi connectivity index (χ2n) is 8.17. The van der Waals surface area contributed by atoms with Gasteiger partial charge in [0.25, 0.3) is 15.8 Å². The third-order valence-corrected chi connectivity index (χ3v) is 8.42. The smallest absolute Gasteiger partial charge is 0.271 e.